The van der Waals surface area contributed by atoms with Crippen molar-refractivity contribution in [3.8, 4) is 5.75 Å². The monoisotopic (exact) mass is 287 g/mol. The van der Waals surface area contributed by atoms with Gasteiger partial charge in [-0.15, -0.1) is 0 Å². The average Bonchev–Trinajstić information content (AvgIpc) is 2.47. The number of carbonyl (C=O) groups is 1. The fourth-order valence-electron chi connectivity index (χ4n) is 2.01. The Balaban J connectivity index is 2.22. The van der Waals surface area contributed by atoms with Crippen LogP contribution >= 0.6 is 0 Å². The zero-order valence-electron chi connectivity index (χ0n) is 12.2. The van der Waals surface area contributed by atoms with E-state index in [4.69, 9.17) is 9.84 Å². The first-order chi connectivity index (χ1) is 10.0. The molecule has 1 heterocycles. The standard InChI is InChI=1S/C15H17N3O3/c1-10-12(14(19)20)8-16-15(17-10)18(2)9-11-6-4-5-7-13(11)21-3/h4-8H,9H2,1-3H3,(H,19,20). The Hall–Kier alpha value is -2.63. The summed E-state index contributed by atoms with van der Waals surface area (Å²) in [6, 6.07) is 7.70. The first kappa shape index (κ1) is 14.8. The number of methoxy groups -OCH3 is 1. The predicted molar refractivity (Wildman–Crippen MR) is 78.8 cm³/mol. The molecule has 2 rings (SSSR count). The highest BCUT2D eigenvalue weighted by molar-refractivity contribution is 5.88. The van der Waals surface area contributed by atoms with E-state index >= 15 is 0 Å². The van der Waals surface area contributed by atoms with Crippen molar-refractivity contribution in [1.82, 2.24) is 9.97 Å². The van der Waals surface area contributed by atoms with Gasteiger partial charge < -0.3 is 14.7 Å². The number of para-hydroxylation sites is 1. The van der Waals surface area contributed by atoms with Gasteiger partial charge in [-0.3, -0.25) is 0 Å². The number of aromatic nitrogens is 2. The summed E-state index contributed by atoms with van der Waals surface area (Å²) < 4.78 is 5.31. The number of anilines is 1. The van der Waals surface area contributed by atoms with Crippen LogP contribution in [0.3, 0.4) is 0 Å². The molecule has 6 nitrogen and oxygen atoms in total. The highest BCUT2D eigenvalue weighted by atomic mass is 16.5. The minimum atomic E-state index is -1.02. The third kappa shape index (κ3) is 3.28. The predicted octanol–water partition coefficient (Wildman–Crippen LogP) is 2.13. The molecule has 0 saturated heterocycles. The van der Waals surface area contributed by atoms with Crippen molar-refractivity contribution in [2.45, 2.75) is 13.5 Å². The Morgan fingerprint density at radius 2 is 2.10 bits per heavy atom. The van der Waals surface area contributed by atoms with Crippen LogP contribution in [0.5, 0.6) is 5.75 Å². The van der Waals surface area contributed by atoms with Crippen LogP contribution in [0, 0.1) is 6.92 Å². The summed E-state index contributed by atoms with van der Waals surface area (Å²) in [5.74, 6) is 0.248. The van der Waals surface area contributed by atoms with E-state index in [-0.39, 0.29) is 5.56 Å². The highest BCUT2D eigenvalue weighted by Gasteiger charge is 2.13. The summed E-state index contributed by atoms with van der Waals surface area (Å²) in [5.41, 5.74) is 1.56. The molecule has 0 bridgehead atoms. The Labute approximate surface area is 123 Å². The number of aromatic carboxylic acids is 1. The van der Waals surface area contributed by atoms with Crippen molar-refractivity contribution in [2.24, 2.45) is 0 Å². The summed E-state index contributed by atoms with van der Waals surface area (Å²) in [6.07, 6.45) is 1.33. The second kappa shape index (κ2) is 6.21. The van der Waals surface area contributed by atoms with Gasteiger partial charge in [0.1, 0.15) is 5.75 Å². The lowest BCUT2D eigenvalue weighted by molar-refractivity contribution is 0.0695. The number of nitrogens with zero attached hydrogens (tertiary/aromatic N) is 3. The summed E-state index contributed by atoms with van der Waals surface area (Å²) in [4.78, 5) is 21.2. The molecule has 0 aliphatic heterocycles. The van der Waals surface area contributed by atoms with Crippen LogP contribution in [-0.2, 0) is 6.54 Å². The van der Waals surface area contributed by atoms with Gasteiger partial charge in [-0.2, -0.15) is 0 Å². The SMILES string of the molecule is COc1ccccc1CN(C)c1ncc(C(=O)O)c(C)n1. The summed E-state index contributed by atoms with van der Waals surface area (Å²) >= 11 is 0. The normalized spacial score (nSPS) is 10.2. The largest absolute Gasteiger partial charge is 0.496 e. The van der Waals surface area contributed by atoms with E-state index in [1.807, 2.05) is 36.2 Å². The first-order valence-corrected chi connectivity index (χ1v) is 6.43. The molecule has 0 aliphatic carbocycles. The molecule has 0 spiro atoms. The van der Waals surface area contributed by atoms with Crippen molar-refractivity contribution in [3.05, 3.63) is 47.3 Å². The van der Waals surface area contributed by atoms with Gasteiger partial charge in [0.05, 0.1) is 18.4 Å². The van der Waals surface area contributed by atoms with E-state index in [2.05, 4.69) is 9.97 Å². The zero-order valence-corrected chi connectivity index (χ0v) is 12.2. The molecule has 0 aliphatic rings. The number of carboxylic acid groups (broad SMARTS) is 1. The number of hydrogen-bond acceptors (Lipinski definition) is 5. The number of ether oxygens (including phenoxy) is 1. The Morgan fingerprint density at radius 3 is 2.71 bits per heavy atom. The fraction of sp³-hybridized carbons (Fsp3) is 0.267. The third-order valence-corrected chi connectivity index (χ3v) is 3.14. The molecule has 0 radical (unpaired) electrons. The van der Waals surface area contributed by atoms with Crippen molar-refractivity contribution >= 4 is 11.9 Å². The molecule has 21 heavy (non-hydrogen) atoms. The Morgan fingerprint density at radius 1 is 1.38 bits per heavy atom. The summed E-state index contributed by atoms with van der Waals surface area (Å²) in [5, 5.41) is 8.99. The number of benzene rings is 1. The van der Waals surface area contributed by atoms with Crippen LogP contribution in [0.25, 0.3) is 0 Å². The molecule has 0 saturated carbocycles. The second-order valence-electron chi connectivity index (χ2n) is 4.64. The van der Waals surface area contributed by atoms with E-state index in [1.54, 1.807) is 14.0 Å². The van der Waals surface area contributed by atoms with Gasteiger partial charge >= 0.3 is 5.97 Å². The fourth-order valence-corrected chi connectivity index (χ4v) is 2.01. The molecule has 0 fully saturated rings. The minimum absolute atomic E-state index is 0.115. The average molecular weight is 287 g/mol. The molecule has 2 aromatic rings. The number of rotatable bonds is 5. The van der Waals surface area contributed by atoms with E-state index in [1.165, 1.54) is 6.20 Å². The van der Waals surface area contributed by atoms with E-state index in [0.717, 1.165) is 11.3 Å². The van der Waals surface area contributed by atoms with Crippen molar-refractivity contribution in [1.29, 1.82) is 0 Å². The van der Waals surface area contributed by atoms with Crippen molar-refractivity contribution in [2.75, 3.05) is 19.1 Å². The van der Waals surface area contributed by atoms with E-state index < -0.39 is 5.97 Å². The maximum absolute atomic E-state index is 11.0. The van der Waals surface area contributed by atoms with Gasteiger partial charge in [0.25, 0.3) is 0 Å². The number of carboxylic acids is 1. The molecule has 1 N–H and O–H groups in total. The van der Waals surface area contributed by atoms with Crippen LogP contribution in [0.15, 0.2) is 30.5 Å². The van der Waals surface area contributed by atoms with Crippen LogP contribution in [0.1, 0.15) is 21.6 Å². The highest BCUT2D eigenvalue weighted by Crippen LogP contribution is 2.20. The maximum atomic E-state index is 11.0. The van der Waals surface area contributed by atoms with Gasteiger partial charge in [0, 0.05) is 25.4 Å². The lowest BCUT2D eigenvalue weighted by Crippen LogP contribution is -2.20. The summed E-state index contributed by atoms with van der Waals surface area (Å²) in [7, 11) is 3.47. The third-order valence-electron chi connectivity index (χ3n) is 3.14. The second-order valence-corrected chi connectivity index (χ2v) is 4.64. The van der Waals surface area contributed by atoms with Gasteiger partial charge in [0.2, 0.25) is 5.95 Å². The van der Waals surface area contributed by atoms with Gasteiger partial charge in [-0.05, 0) is 13.0 Å². The lowest BCUT2D eigenvalue weighted by Gasteiger charge is -2.19. The molecule has 0 amide bonds. The first-order valence-electron chi connectivity index (χ1n) is 6.43. The van der Waals surface area contributed by atoms with Gasteiger partial charge in [-0.25, -0.2) is 14.8 Å². The van der Waals surface area contributed by atoms with Crippen LogP contribution < -0.4 is 9.64 Å². The molecule has 0 atom stereocenters. The zero-order chi connectivity index (χ0) is 15.4. The molecule has 1 aromatic heterocycles. The van der Waals surface area contributed by atoms with Crippen LogP contribution in [-0.4, -0.2) is 35.2 Å². The van der Waals surface area contributed by atoms with Crippen LogP contribution in [0.4, 0.5) is 5.95 Å². The van der Waals surface area contributed by atoms with Gasteiger partial charge in [-0.1, -0.05) is 18.2 Å². The molecule has 6 heteroatoms. The van der Waals surface area contributed by atoms with E-state index in [9.17, 15) is 4.79 Å². The van der Waals surface area contributed by atoms with Crippen molar-refractivity contribution < 1.29 is 14.6 Å². The number of hydrogen-bond donors (Lipinski definition) is 1. The molecular formula is C15H17N3O3. The lowest BCUT2D eigenvalue weighted by atomic mass is 10.2. The topological polar surface area (TPSA) is 75.5 Å². The van der Waals surface area contributed by atoms with Gasteiger partial charge in [0.15, 0.2) is 0 Å². The maximum Gasteiger partial charge on any atom is 0.339 e. The molecule has 1 aromatic carbocycles. The Bertz CT molecular complexity index is 658. The molecular weight excluding hydrogens is 270 g/mol. The minimum Gasteiger partial charge on any atom is -0.496 e. The Kier molecular flexibility index (Phi) is 4.37. The summed E-state index contributed by atoms with van der Waals surface area (Å²) in [6.45, 7) is 2.22. The molecule has 0 unspecified atom stereocenters. The van der Waals surface area contributed by atoms with Crippen LogP contribution in [0.2, 0.25) is 0 Å². The number of aryl methyl sites for hydroxylation is 1. The smallest absolute Gasteiger partial charge is 0.339 e. The molecule has 110 valence electrons. The quantitative estimate of drug-likeness (QED) is 0.908. The van der Waals surface area contributed by atoms with E-state index in [0.29, 0.717) is 18.2 Å². The van der Waals surface area contributed by atoms with Crippen molar-refractivity contribution in [3.63, 3.8) is 0 Å².